The van der Waals surface area contributed by atoms with Crippen LogP contribution >= 0.6 is 17.0 Å². The highest BCUT2D eigenvalue weighted by atomic mass is 79.9. The smallest absolute Gasteiger partial charge is 0.0402 e. The van der Waals surface area contributed by atoms with Crippen LogP contribution in [0, 0.1) is 0 Å². The van der Waals surface area contributed by atoms with Crippen LogP contribution in [0.1, 0.15) is 52.4 Å². The van der Waals surface area contributed by atoms with E-state index in [2.05, 4.69) is 25.9 Å². The Kier molecular flexibility index (Phi) is 27.5. The van der Waals surface area contributed by atoms with Crippen LogP contribution in [0.5, 0.6) is 0 Å². The Morgan fingerprint density at radius 2 is 1.27 bits per heavy atom. The van der Waals surface area contributed by atoms with Crippen LogP contribution in [0.4, 0.5) is 0 Å². The molecule has 0 saturated heterocycles. The normalized spacial score (nSPS) is 9.20. The second kappa shape index (κ2) is 19.9. The molecule has 1 N–H and O–H groups in total. The van der Waals surface area contributed by atoms with Gasteiger partial charge in [-0.15, -0.1) is 17.0 Å². The summed E-state index contributed by atoms with van der Waals surface area (Å²) < 4.78 is 0. The summed E-state index contributed by atoms with van der Waals surface area (Å²) in [6, 6.07) is 0. The second-order valence-corrected chi connectivity index (χ2v) is 3.89. The minimum Gasteiger partial charge on any atom is -0.397 e. The van der Waals surface area contributed by atoms with E-state index in [1.165, 1.54) is 45.1 Å². The maximum atomic E-state index is 7.57. The molecule has 0 saturated carbocycles. The molecule has 0 aliphatic rings. The van der Waals surface area contributed by atoms with E-state index >= 15 is 0 Å². The van der Waals surface area contributed by atoms with Gasteiger partial charge < -0.3 is 10.0 Å². The van der Waals surface area contributed by atoms with Gasteiger partial charge in [0.05, 0.1) is 0 Å². The van der Waals surface area contributed by atoms with Gasteiger partial charge in [-0.1, -0.05) is 39.0 Å². The summed E-state index contributed by atoms with van der Waals surface area (Å²) in [5, 5.41) is 7.57. The monoisotopic (exact) mass is 283 g/mol. The number of aliphatic hydroxyl groups is 1. The highest BCUT2D eigenvalue weighted by molar-refractivity contribution is 8.93. The van der Waals surface area contributed by atoms with Gasteiger partial charge in [-0.25, -0.2) is 0 Å². The lowest BCUT2D eigenvalue weighted by Crippen LogP contribution is -2.12. The van der Waals surface area contributed by atoms with Gasteiger partial charge in [-0.05, 0) is 34.0 Å². The summed E-state index contributed by atoms with van der Waals surface area (Å²) >= 11 is 0. The molecule has 0 atom stereocenters. The number of nitrogens with zero attached hydrogens (tertiary/aromatic N) is 1. The summed E-state index contributed by atoms with van der Waals surface area (Å²) in [6.45, 7) is 5.45. The Hall–Kier alpha value is 0.400. The van der Waals surface area contributed by atoms with Gasteiger partial charge in [0, 0.05) is 6.61 Å². The molecule has 0 rings (SSSR count). The third-order valence-electron chi connectivity index (χ3n) is 1.96. The number of hydrogen-bond acceptors (Lipinski definition) is 2. The molecule has 3 heteroatoms. The van der Waals surface area contributed by atoms with Crippen molar-refractivity contribution in [1.82, 2.24) is 4.90 Å². The Morgan fingerprint density at radius 1 is 0.867 bits per heavy atom. The van der Waals surface area contributed by atoms with Crippen molar-refractivity contribution in [2.24, 2.45) is 0 Å². The summed E-state index contributed by atoms with van der Waals surface area (Å²) in [5.74, 6) is 0. The van der Waals surface area contributed by atoms with Gasteiger partial charge in [0.15, 0.2) is 0 Å². The van der Waals surface area contributed by atoms with Gasteiger partial charge in [0.1, 0.15) is 0 Å². The van der Waals surface area contributed by atoms with E-state index in [4.69, 9.17) is 5.11 Å². The van der Waals surface area contributed by atoms with Crippen LogP contribution in [0.3, 0.4) is 0 Å². The first-order chi connectivity index (χ1) is 6.68. The topological polar surface area (TPSA) is 23.5 Å². The van der Waals surface area contributed by atoms with Gasteiger partial charge in [0.25, 0.3) is 0 Å². The van der Waals surface area contributed by atoms with Gasteiger partial charge in [0.2, 0.25) is 0 Å². The van der Waals surface area contributed by atoms with Crippen molar-refractivity contribution in [3.8, 4) is 0 Å². The first kappa shape index (κ1) is 20.8. The van der Waals surface area contributed by atoms with Gasteiger partial charge >= 0.3 is 0 Å². The number of rotatable bonds is 7. The summed E-state index contributed by atoms with van der Waals surface area (Å²) in [4.78, 5) is 2.26. The zero-order valence-electron chi connectivity index (χ0n) is 11.0. The Balaban J connectivity index is -0.000000320. The zero-order valence-corrected chi connectivity index (χ0v) is 12.7. The average molecular weight is 284 g/mol. The molecule has 0 aromatic carbocycles. The van der Waals surface area contributed by atoms with Crippen LogP contribution < -0.4 is 0 Å². The zero-order chi connectivity index (χ0) is 11.2. The van der Waals surface area contributed by atoms with Crippen molar-refractivity contribution in [3.05, 3.63) is 0 Å². The van der Waals surface area contributed by atoms with E-state index in [-0.39, 0.29) is 23.6 Å². The predicted octanol–water partition coefficient (Wildman–Crippen LogP) is 3.49. The molecule has 0 bridgehead atoms. The SMILES string of the molecule is Br.CCCCCCCCN(C)C.CCO. The van der Waals surface area contributed by atoms with Crippen molar-refractivity contribution in [3.63, 3.8) is 0 Å². The summed E-state index contributed by atoms with van der Waals surface area (Å²) in [6.07, 6.45) is 8.43. The van der Waals surface area contributed by atoms with Crippen molar-refractivity contribution >= 4 is 17.0 Å². The third kappa shape index (κ3) is 31.4. The molecule has 0 spiro atoms. The number of halogens is 1. The average Bonchev–Trinajstić information content (AvgIpc) is 2.12. The molecule has 15 heavy (non-hydrogen) atoms. The van der Waals surface area contributed by atoms with Crippen LogP contribution in [0.25, 0.3) is 0 Å². The minimum atomic E-state index is 0. The Bertz CT molecular complexity index is 89.7. The molecular formula is C12H30BrNO. The molecule has 0 fully saturated rings. The number of hydrogen-bond donors (Lipinski definition) is 1. The van der Waals surface area contributed by atoms with E-state index in [0.29, 0.717) is 0 Å². The molecule has 0 amide bonds. The largest absolute Gasteiger partial charge is 0.397 e. The molecule has 0 radical (unpaired) electrons. The molecular weight excluding hydrogens is 254 g/mol. The third-order valence-corrected chi connectivity index (χ3v) is 1.96. The van der Waals surface area contributed by atoms with Crippen molar-refractivity contribution < 1.29 is 5.11 Å². The second-order valence-electron chi connectivity index (χ2n) is 3.89. The quantitative estimate of drug-likeness (QED) is 0.723. The van der Waals surface area contributed by atoms with E-state index in [9.17, 15) is 0 Å². The highest BCUT2D eigenvalue weighted by Crippen LogP contribution is 2.04. The van der Waals surface area contributed by atoms with Crippen LogP contribution in [0.15, 0.2) is 0 Å². The molecule has 0 aliphatic heterocycles. The van der Waals surface area contributed by atoms with Crippen molar-refractivity contribution in [2.75, 3.05) is 27.2 Å². The van der Waals surface area contributed by atoms with Crippen molar-refractivity contribution in [1.29, 1.82) is 0 Å². The fraction of sp³-hybridized carbons (Fsp3) is 1.00. The van der Waals surface area contributed by atoms with Crippen molar-refractivity contribution in [2.45, 2.75) is 52.4 Å². The molecule has 0 unspecified atom stereocenters. The number of unbranched alkanes of at least 4 members (excludes halogenated alkanes) is 5. The first-order valence-electron chi connectivity index (χ1n) is 5.94. The minimum absolute atomic E-state index is 0. The lowest BCUT2D eigenvalue weighted by molar-refractivity contribution is 0.318. The van der Waals surface area contributed by atoms with E-state index in [0.717, 1.165) is 0 Å². The Morgan fingerprint density at radius 3 is 1.67 bits per heavy atom. The fourth-order valence-electron chi connectivity index (χ4n) is 1.21. The predicted molar refractivity (Wildman–Crippen MR) is 75.0 cm³/mol. The fourth-order valence-corrected chi connectivity index (χ4v) is 1.21. The number of aliphatic hydroxyl groups excluding tert-OH is 1. The standard InChI is InChI=1S/C10H23N.C2H6O.BrH/c1-4-5-6-7-8-9-10-11(2)3;1-2-3;/h4-10H2,1-3H3;3H,2H2,1H3;1H. The summed E-state index contributed by atoms with van der Waals surface area (Å²) in [5.41, 5.74) is 0. The molecule has 0 heterocycles. The maximum Gasteiger partial charge on any atom is 0.0402 e. The van der Waals surface area contributed by atoms with Gasteiger partial charge in [-0.2, -0.15) is 0 Å². The lowest BCUT2D eigenvalue weighted by atomic mass is 10.1. The first-order valence-corrected chi connectivity index (χ1v) is 5.94. The van der Waals surface area contributed by atoms with E-state index in [1.54, 1.807) is 6.92 Å². The molecule has 2 nitrogen and oxygen atoms in total. The van der Waals surface area contributed by atoms with E-state index < -0.39 is 0 Å². The van der Waals surface area contributed by atoms with Gasteiger partial charge in [-0.3, -0.25) is 0 Å². The van der Waals surface area contributed by atoms with Crippen LogP contribution in [-0.4, -0.2) is 37.3 Å². The molecule has 0 aliphatic carbocycles. The van der Waals surface area contributed by atoms with Crippen LogP contribution in [0.2, 0.25) is 0 Å². The maximum absolute atomic E-state index is 7.57. The molecule has 96 valence electrons. The highest BCUT2D eigenvalue weighted by Gasteiger charge is 1.90. The summed E-state index contributed by atoms with van der Waals surface area (Å²) in [7, 11) is 4.29. The van der Waals surface area contributed by atoms with Crippen LogP contribution in [-0.2, 0) is 0 Å². The van der Waals surface area contributed by atoms with E-state index in [1.807, 2.05) is 0 Å². The Labute approximate surface area is 107 Å². The lowest BCUT2D eigenvalue weighted by Gasteiger charge is -2.08. The molecule has 0 aromatic rings. The molecule has 0 aromatic heterocycles.